The van der Waals surface area contributed by atoms with E-state index in [1.807, 2.05) is 5.51 Å². The van der Waals surface area contributed by atoms with Gasteiger partial charge in [-0.15, -0.1) is 11.3 Å². The minimum Gasteiger partial charge on any atom is -0.384 e. The van der Waals surface area contributed by atoms with E-state index >= 15 is 0 Å². The maximum Gasteiger partial charge on any atom is 0.123 e. The molecule has 2 unspecified atom stereocenters. The van der Waals surface area contributed by atoms with E-state index in [1.54, 1.807) is 11.3 Å². The molecule has 96 valence electrons. The van der Waals surface area contributed by atoms with Crippen LogP contribution in [0.1, 0.15) is 56.7 Å². The van der Waals surface area contributed by atoms with Crippen LogP contribution >= 0.6 is 27.3 Å². The van der Waals surface area contributed by atoms with Crippen molar-refractivity contribution in [2.75, 3.05) is 0 Å². The minimum atomic E-state index is -0.636. The van der Waals surface area contributed by atoms with Gasteiger partial charge in [-0.25, -0.2) is 4.98 Å². The number of thiazole rings is 1. The Morgan fingerprint density at radius 3 is 3.00 bits per heavy atom. The molecule has 0 amide bonds. The molecule has 0 saturated heterocycles. The van der Waals surface area contributed by atoms with Gasteiger partial charge in [-0.3, -0.25) is 0 Å². The van der Waals surface area contributed by atoms with Gasteiger partial charge in [0.05, 0.1) is 10.4 Å². The third kappa shape index (κ3) is 3.09. The van der Waals surface area contributed by atoms with Gasteiger partial charge in [0.25, 0.3) is 0 Å². The Morgan fingerprint density at radius 2 is 2.35 bits per heavy atom. The second kappa shape index (κ2) is 5.81. The zero-order valence-corrected chi connectivity index (χ0v) is 12.7. The normalized spacial score (nSPS) is 30.2. The Bertz CT molecular complexity index is 368. The van der Waals surface area contributed by atoms with Crippen LogP contribution in [-0.4, -0.2) is 10.1 Å². The molecule has 1 fully saturated rings. The lowest BCUT2D eigenvalue weighted by Gasteiger charge is -2.25. The number of hydrogen-bond donors (Lipinski definition) is 1. The molecule has 2 atom stereocenters. The third-order valence-electron chi connectivity index (χ3n) is 3.81. The lowest BCUT2D eigenvalue weighted by Crippen LogP contribution is -2.24. The van der Waals surface area contributed by atoms with Crippen LogP contribution in [-0.2, 0) is 5.60 Å². The van der Waals surface area contributed by atoms with E-state index in [4.69, 9.17) is 0 Å². The van der Waals surface area contributed by atoms with Crippen LogP contribution in [0.4, 0.5) is 0 Å². The predicted octanol–water partition coefficient (Wildman–Crippen LogP) is 4.47. The number of nitrogens with zero attached hydrogens (tertiary/aromatic N) is 1. The number of aromatic nitrogens is 1. The van der Waals surface area contributed by atoms with Crippen molar-refractivity contribution in [3.05, 3.63) is 15.0 Å². The number of aliphatic hydroxyl groups is 1. The Hall–Kier alpha value is 0.0700. The van der Waals surface area contributed by atoms with Gasteiger partial charge in [-0.2, -0.15) is 0 Å². The highest BCUT2D eigenvalue weighted by molar-refractivity contribution is 9.10. The molecular formula is C13H20BrNOS. The zero-order valence-electron chi connectivity index (χ0n) is 10.3. The van der Waals surface area contributed by atoms with Crippen molar-refractivity contribution in [1.82, 2.24) is 4.98 Å². The Kier molecular flexibility index (Phi) is 4.61. The van der Waals surface area contributed by atoms with E-state index in [0.29, 0.717) is 0 Å². The molecule has 1 aliphatic rings. The standard InChI is InChI=1S/C13H20BrNOS/c1-2-4-10-5-3-7-13(16,8-6-10)11-12(14)15-9-17-11/h9-10,16H,2-8H2,1H3. The van der Waals surface area contributed by atoms with Crippen molar-refractivity contribution < 1.29 is 5.11 Å². The van der Waals surface area contributed by atoms with Crippen molar-refractivity contribution in [2.24, 2.45) is 5.92 Å². The van der Waals surface area contributed by atoms with Gasteiger partial charge in [0.1, 0.15) is 10.2 Å². The first-order valence-corrected chi connectivity index (χ1v) is 8.15. The van der Waals surface area contributed by atoms with E-state index in [0.717, 1.165) is 41.1 Å². The highest BCUT2D eigenvalue weighted by Crippen LogP contribution is 2.42. The first-order valence-electron chi connectivity index (χ1n) is 6.47. The van der Waals surface area contributed by atoms with Crippen LogP contribution in [0, 0.1) is 5.92 Å². The van der Waals surface area contributed by atoms with Gasteiger partial charge >= 0.3 is 0 Å². The Balaban J connectivity index is 2.09. The van der Waals surface area contributed by atoms with Gasteiger partial charge < -0.3 is 5.11 Å². The molecule has 0 aromatic carbocycles. The van der Waals surface area contributed by atoms with E-state index < -0.39 is 5.60 Å². The maximum absolute atomic E-state index is 10.8. The summed E-state index contributed by atoms with van der Waals surface area (Å²) in [6.45, 7) is 2.25. The smallest absolute Gasteiger partial charge is 0.123 e. The number of halogens is 1. The van der Waals surface area contributed by atoms with Crippen LogP contribution in [0.2, 0.25) is 0 Å². The van der Waals surface area contributed by atoms with Gasteiger partial charge in [0.15, 0.2) is 0 Å². The maximum atomic E-state index is 10.8. The average molecular weight is 318 g/mol. The van der Waals surface area contributed by atoms with Gasteiger partial charge in [0.2, 0.25) is 0 Å². The van der Waals surface area contributed by atoms with E-state index in [-0.39, 0.29) is 0 Å². The fourth-order valence-corrected chi connectivity index (χ4v) is 4.58. The lowest BCUT2D eigenvalue weighted by atomic mass is 9.91. The molecule has 2 nitrogen and oxygen atoms in total. The minimum absolute atomic E-state index is 0.636. The van der Waals surface area contributed by atoms with Crippen molar-refractivity contribution in [3.63, 3.8) is 0 Å². The molecular weight excluding hydrogens is 298 g/mol. The van der Waals surface area contributed by atoms with Crippen molar-refractivity contribution in [1.29, 1.82) is 0 Å². The van der Waals surface area contributed by atoms with Crippen molar-refractivity contribution in [2.45, 2.75) is 57.5 Å². The van der Waals surface area contributed by atoms with E-state index in [1.165, 1.54) is 19.3 Å². The highest BCUT2D eigenvalue weighted by atomic mass is 79.9. The molecule has 2 rings (SSSR count). The molecule has 0 spiro atoms. The van der Waals surface area contributed by atoms with E-state index in [9.17, 15) is 5.11 Å². The third-order valence-corrected chi connectivity index (χ3v) is 5.70. The first-order chi connectivity index (χ1) is 8.15. The molecule has 0 aliphatic heterocycles. The van der Waals surface area contributed by atoms with Crippen LogP contribution in [0.3, 0.4) is 0 Å². The van der Waals surface area contributed by atoms with Gasteiger partial charge in [-0.05, 0) is 47.5 Å². The molecule has 4 heteroatoms. The second-order valence-corrected chi connectivity index (χ2v) is 6.70. The number of rotatable bonds is 3. The topological polar surface area (TPSA) is 33.1 Å². The van der Waals surface area contributed by atoms with Gasteiger partial charge in [-0.1, -0.05) is 26.2 Å². The summed E-state index contributed by atoms with van der Waals surface area (Å²) >= 11 is 5.02. The summed E-state index contributed by atoms with van der Waals surface area (Å²) in [4.78, 5) is 5.22. The molecule has 1 N–H and O–H groups in total. The van der Waals surface area contributed by atoms with Crippen molar-refractivity contribution >= 4 is 27.3 Å². The summed E-state index contributed by atoms with van der Waals surface area (Å²) in [6.07, 6.45) is 7.88. The lowest BCUT2D eigenvalue weighted by molar-refractivity contribution is 0.0223. The summed E-state index contributed by atoms with van der Waals surface area (Å²) in [5, 5.41) is 10.8. The summed E-state index contributed by atoms with van der Waals surface area (Å²) in [6, 6.07) is 0. The summed E-state index contributed by atoms with van der Waals surface area (Å²) in [5.41, 5.74) is 1.17. The summed E-state index contributed by atoms with van der Waals surface area (Å²) in [5.74, 6) is 0.806. The average Bonchev–Trinajstić information content (AvgIpc) is 2.64. The fraction of sp³-hybridized carbons (Fsp3) is 0.769. The van der Waals surface area contributed by atoms with Gasteiger partial charge in [0, 0.05) is 0 Å². The molecule has 17 heavy (non-hydrogen) atoms. The summed E-state index contributed by atoms with van der Waals surface area (Å²) < 4.78 is 0.832. The van der Waals surface area contributed by atoms with Crippen LogP contribution < -0.4 is 0 Å². The molecule has 1 aliphatic carbocycles. The van der Waals surface area contributed by atoms with Crippen molar-refractivity contribution in [3.8, 4) is 0 Å². The Morgan fingerprint density at radius 1 is 1.53 bits per heavy atom. The second-order valence-electron chi connectivity index (χ2n) is 5.09. The SMILES string of the molecule is CCCC1CCCC(O)(c2scnc2Br)CC1. The fourth-order valence-electron chi connectivity index (χ4n) is 2.85. The predicted molar refractivity (Wildman–Crippen MR) is 75.2 cm³/mol. The largest absolute Gasteiger partial charge is 0.384 e. The quantitative estimate of drug-likeness (QED) is 0.834. The van der Waals surface area contributed by atoms with Crippen LogP contribution in [0.5, 0.6) is 0 Å². The molecule has 0 bridgehead atoms. The summed E-state index contributed by atoms with van der Waals surface area (Å²) in [7, 11) is 0. The number of hydrogen-bond acceptors (Lipinski definition) is 3. The first kappa shape index (κ1) is 13.5. The Labute approximate surface area is 116 Å². The molecule has 1 heterocycles. The molecule has 1 aromatic rings. The zero-order chi connectivity index (χ0) is 12.3. The monoisotopic (exact) mass is 317 g/mol. The molecule has 1 saturated carbocycles. The highest BCUT2D eigenvalue weighted by Gasteiger charge is 2.35. The molecule has 0 radical (unpaired) electrons. The van der Waals surface area contributed by atoms with Crippen LogP contribution in [0.15, 0.2) is 10.1 Å². The van der Waals surface area contributed by atoms with Crippen LogP contribution in [0.25, 0.3) is 0 Å². The van der Waals surface area contributed by atoms with E-state index in [2.05, 4.69) is 27.8 Å². The molecule has 1 aromatic heterocycles.